The molecule has 1 nitrogen and oxygen atoms in total. The minimum absolute atomic E-state index is 0. The third-order valence-electron chi connectivity index (χ3n) is 0.399. The monoisotopic (exact) mass is 85.1 g/mol. The molecule has 0 radical (unpaired) electrons. The normalized spacial score (nSPS) is 8.83. The van der Waals surface area contributed by atoms with E-state index in [1.54, 1.807) is 6.08 Å². The third-order valence-corrected chi connectivity index (χ3v) is 0.399. The standard InChI is InChI=1S/C5H9N.H2/c1-3-4-5-6-2;/h3-6H,1H2,2H3;1H/b5-4-;. The Morgan fingerprint density at radius 3 is 2.67 bits per heavy atom. The highest BCUT2D eigenvalue weighted by atomic mass is 14.8. The van der Waals surface area contributed by atoms with Gasteiger partial charge in [0.15, 0.2) is 0 Å². The van der Waals surface area contributed by atoms with Gasteiger partial charge in [-0.05, 0) is 12.3 Å². The largest absolute Gasteiger partial charge is 0.394 e. The van der Waals surface area contributed by atoms with Crippen LogP contribution >= 0.6 is 0 Å². The van der Waals surface area contributed by atoms with Crippen LogP contribution in [-0.2, 0) is 0 Å². The average Bonchev–Trinajstić information content (AvgIpc) is 1.61. The zero-order valence-corrected chi connectivity index (χ0v) is 3.94. The van der Waals surface area contributed by atoms with Gasteiger partial charge in [0.1, 0.15) is 0 Å². The van der Waals surface area contributed by atoms with E-state index in [1.165, 1.54) is 0 Å². The van der Waals surface area contributed by atoms with Crippen molar-refractivity contribution < 1.29 is 1.43 Å². The molecule has 0 saturated heterocycles. The van der Waals surface area contributed by atoms with E-state index < -0.39 is 0 Å². The summed E-state index contributed by atoms with van der Waals surface area (Å²) < 4.78 is 0. The summed E-state index contributed by atoms with van der Waals surface area (Å²) in [5, 5.41) is 2.82. The SMILES string of the molecule is C=C/C=C\NC.[HH]. The van der Waals surface area contributed by atoms with Crippen LogP contribution in [0, 0.1) is 0 Å². The predicted molar refractivity (Wildman–Crippen MR) is 30.5 cm³/mol. The maximum absolute atomic E-state index is 3.47. The fourth-order valence-corrected chi connectivity index (χ4v) is 0.164. The highest BCUT2D eigenvalue weighted by Gasteiger charge is 1.50. The molecule has 0 fully saturated rings. The van der Waals surface area contributed by atoms with Crippen molar-refractivity contribution in [3.8, 4) is 0 Å². The number of rotatable bonds is 2. The molecule has 0 amide bonds. The smallest absolute Gasteiger partial charge is 0.00277 e. The van der Waals surface area contributed by atoms with Gasteiger partial charge in [-0.2, -0.15) is 0 Å². The highest BCUT2D eigenvalue weighted by Crippen LogP contribution is 1.61. The number of nitrogens with one attached hydrogen (secondary N) is 1. The van der Waals surface area contributed by atoms with Gasteiger partial charge in [0.25, 0.3) is 0 Å². The Morgan fingerprint density at radius 2 is 2.50 bits per heavy atom. The van der Waals surface area contributed by atoms with Gasteiger partial charge in [-0.15, -0.1) is 0 Å². The second kappa shape index (κ2) is 4.28. The molecular formula is C5H11N. The Labute approximate surface area is 39.9 Å². The molecule has 0 aliphatic heterocycles. The van der Waals surface area contributed by atoms with Crippen molar-refractivity contribution >= 4 is 0 Å². The van der Waals surface area contributed by atoms with Gasteiger partial charge in [-0.25, -0.2) is 0 Å². The van der Waals surface area contributed by atoms with E-state index in [4.69, 9.17) is 0 Å². The molecule has 1 heteroatoms. The molecule has 0 spiro atoms. The minimum atomic E-state index is 0. The van der Waals surface area contributed by atoms with Crippen LogP contribution in [0.2, 0.25) is 0 Å². The molecule has 0 saturated carbocycles. The van der Waals surface area contributed by atoms with E-state index in [-0.39, 0.29) is 1.43 Å². The molecule has 0 heterocycles. The molecule has 1 N–H and O–H groups in total. The molecule has 6 heavy (non-hydrogen) atoms. The molecule has 0 aromatic rings. The Hall–Kier alpha value is -0.720. The first-order chi connectivity index (χ1) is 2.91. The fourth-order valence-electron chi connectivity index (χ4n) is 0.164. The van der Waals surface area contributed by atoms with Crippen molar-refractivity contribution in [2.24, 2.45) is 0 Å². The lowest BCUT2D eigenvalue weighted by atomic mass is 10.6. The summed E-state index contributed by atoms with van der Waals surface area (Å²) in [7, 11) is 1.85. The molecule has 0 aromatic carbocycles. The van der Waals surface area contributed by atoms with Crippen molar-refractivity contribution in [2.75, 3.05) is 7.05 Å². The van der Waals surface area contributed by atoms with Gasteiger partial charge < -0.3 is 5.32 Å². The minimum Gasteiger partial charge on any atom is -0.394 e. The van der Waals surface area contributed by atoms with Gasteiger partial charge in [0, 0.05) is 8.47 Å². The van der Waals surface area contributed by atoms with Crippen LogP contribution < -0.4 is 5.32 Å². The van der Waals surface area contributed by atoms with Gasteiger partial charge in [0.05, 0.1) is 0 Å². The van der Waals surface area contributed by atoms with Crippen LogP contribution in [0.25, 0.3) is 0 Å². The Bertz CT molecular complexity index is 59.1. The molecule has 0 aliphatic rings. The molecule has 0 atom stereocenters. The molecule has 36 valence electrons. The van der Waals surface area contributed by atoms with E-state index in [1.807, 2.05) is 19.3 Å². The first kappa shape index (κ1) is 5.28. The van der Waals surface area contributed by atoms with Gasteiger partial charge >= 0.3 is 0 Å². The Kier molecular flexibility index (Phi) is 3.77. The summed E-state index contributed by atoms with van der Waals surface area (Å²) in [6, 6.07) is 0. The summed E-state index contributed by atoms with van der Waals surface area (Å²) in [6.45, 7) is 3.47. The van der Waals surface area contributed by atoms with Crippen LogP contribution in [0.1, 0.15) is 1.43 Å². The maximum atomic E-state index is 3.47. The highest BCUT2D eigenvalue weighted by molar-refractivity contribution is 4.94. The van der Waals surface area contributed by atoms with Crippen LogP contribution in [0.15, 0.2) is 24.9 Å². The number of allylic oxidation sites excluding steroid dienone is 2. The third kappa shape index (κ3) is 3.28. The van der Waals surface area contributed by atoms with Gasteiger partial charge in [0.2, 0.25) is 0 Å². The summed E-state index contributed by atoms with van der Waals surface area (Å²) in [4.78, 5) is 0. The first-order valence-corrected chi connectivity index (χ1v) is 1.86. The van der Waals surface area contributed by atoms with Gasteiger partial charge in [-0.3, -0.25) is 0 Å². The summed E-state index contributed by atoms with van der Waals surface area (Å²) in [6.07, 6.45) is 5.36. The number of hydrogen-bond acceptors (Lipinski definition) is 1. The maximum Gasteiger partial charge on any atom is 0.00277 e. The van der Waals surface area contributed by atoms with Crippen molar-refractivity contribution in [1.29, 1.82) is 0 Å². The molecule has 0 unspecified atom stereocenters. The topological polar surface area (TPSA) is 12.0 Å². The van der Waals surface area contributed by atoms with Crippen molar-refractivity contribution in [1.82, 2.24) is 5.32 Å². The lowest BCUT2D eigenvalue weighted by molar-refractivity contribution is 1.10. The molecule has 0 rings (SSSR count). The first-order valence-electron chi connectivity index (χ1n) is 1.86. The second-order valence-electron chi connectivity index (χ2n) is 0.883. The summed E-state index contributed by atoms with van der Waals surface area (Å²) in [5.41, 5.74) is 0. The molecule has 0 aliphatic carbocycles. The van der Waals surface area contributed by atoms with Crippen LogP contribution in [0.4, 0.5) is 0 Å². The van der Waals surface area contributed by atoms with E-state index in [0.29, 0.717) is 0 Å². The summed E-state index contributed by atoms with van der Waals surface area (Å²) >= 11 is 0. The van der Waals surface area contributed by atoms with Crippen LogP contribution in [0.5, 0.6) is 0 Å². The zero-order chi connectivity index (χ0) is 4.83. The zero-order valence-electron chi connectivity index (χ0n) is 3.94. The lowest BCUT2D eigenvalue weighted by Crippen LogP contribution is -1.89. The van der Waals surface area contributed by atoms with Crippen LogP contribution in [0.3, 0.4) is 0 Å². The lowest BCUT2D eigenvalue weighted by Gasteiger charge is -1.76. The van der Waals surface area contributed by atoms with Crippen LogP contribution in [-0.4, -0.2) is 7.05 Å². The Morgan fingerprint density at radius 1 is 1.83 bits per heavy atom. The van der Waals surface area contributed by atoms with E-state index in [0.717, 1.165) is 0 Å². The molecule has 0 bridgehead atoms. The van der Waals surface area contributed by atoms with Crippen molar-refractivity contribution in [3.05, 3.63) is 24.9 Å². The molecule has 0 aromatic heterocycles. The molecular weight excluding hydrogens is 74.1 g/mol. The fraction of sp³-hybridized carbons (Fsp3) is 0.200. The predicted octanol–water partition coefficient (Wildman–Crippen LogP) is 1.15. The summed E-state index contributed by atoms with van der Waals surface area (Å²) in [5.74, 6) is 0. The van der Waals surface area contributed by atoms with Crippen molar-refractivity contribution in [3.63, 3.8) is 0 Å². The van der Waals surface area contributed by atoms with Gasteiger partial charge in [-0.1, -0.05) is 12.7 Å². The van der Waals surface area contributed by atoms with Crippen molar-refractivity contribution in [2.45, 2.75) is 0 Å². The van der Waals surface area contributed by atoms with E-state index in [2.05, 4.69) is 11.9 Å². The number of hydrogen-bond donors (Lipinski definition) is 1. The Balaban J connectivity index is 0. The second-order valence-corrected chi connectivity index (χ2v) is 0.883. The van der Waals surface area contributed by atoms with E-state index >= 15 is 0 Å². The average molecular weight is 85.1 g/mol. The quantitative estimate of drug-likeness (QED) is 0.496. The van der Waals surface area contributed by atoms with E-state index in [9.17, 15) is 0 Å².